The molecule has 4 heteroatoms. The molecule has 1 heterocycles. The smallest absolute Gasteiger partial charge is 0.337 e. The zero-order valence-corrected chi connectivity index (χ0v) is 9.32. The number of hydrogen-bond acceptors (Lipinski definition) is 3. The molecular weight excluding hydrogens is 206 g/mol. The monoisotopic (exact) mass is 219 g/mol. The molecule has 0 radical (unpaired) electrons. The van der Waals surface area contributed by atoms with Crippen molar-refractivity contribution < 1.29 is 14.3 Å². The number of esters is 1. The molecule has 0 bridgehead atoms. The Bertz CT molecular complexity index is 454. The highest BCUT2D eigenvalue weighted by Crippen LogP contribution is 2.28. The van der Waals surface area contributed by atoms with E-state index in [4.69, 9.17) is 0 Å². The molecule has 4 nitrogen and oxygen atoms in total. The van der Waals surface area contributed by atoms with Crippen LogP contribution in [0.4, 0.5) is 5.69 Å². The minimum absolute atomic E-state index is 0.0320. The summed E-state index contributed by atoms with van der Waals surface area (Å²) in [5.41, 5.74) is 2.46. The maximum atomic E-state index is 11.3. The largest absolute Gasteiger partial charge is 0.465 e. The van der Waals surface area contributed by atoms with Gasteiger partial charge in [0.15, 0.2) is 0 Å². The average Bonchev–Trinajstić information content (AvgIpc) is 2.70. The van der Waals surface area contributed by atoms with Crippen molar-refractivity contribution >= 4 is 17.6 Å². The molecule has 0 spiro atoms. The first-order valence-corrected chi connectivity index (χ1v) is 5.13. The van der Waals surface area contributed by atoms with Gasteiger partial charge in [-0.2, -0.15) is 0 Å². The van der Waals surface area contributed by atoms with E-state index in [1.165, 1.54) is 7.11 Å². The number of rotatable bonds is 1. The summed E-state index contributed by atoms with van der Waals surface area (Å²) >= 11 is 0. The zero-order valence-electron chi connectivity index (χ0n) is 9.32. The van der Waals surface area contributed by atoms with E-state index in [-0.39, 0.29) is 11.9 Å². The SMILES string of the molecule is COC(=O)c1ccc2c(c1)CCN2C(C)=O. The van der Waals surface area contributed by atoms with Crippen LogP contribution in [0.2, 0.25) is 0 Å². The van der Waals surface area contributed by atoms with Gasteiger partial charge in [0.05, 0.1) is 12.7 Å². The summed E-state index contributed by atoms with van der Waals surface area (Å²) < 4.78 is 4.65. The van der Waals surface area contributed by atoms with Crippen LogP contribution in [0.5, 0.6) is 0 Å². The van der Waals surface area contributed by atoms with E-state index in [9.17, 15) is 9.59 Å². The normalized spacial score (nSPS) is 13.5. The van der Waals surface area contributed by atoms with Gasteiger partial charge >= 0.3 is 5.97 Å². The fourth-order valence-electron chi connectivity index (χ4n) is 1.97. The second-order valence-corrected chi connectivity index (χ2v) is 3.76. The second kappa shape index (κ2) is 3.96. The zero-order chi connectivity index (χ0) is 11.7. The number of ether oxygens (including phenoxy) is 1. The Morgan fingerprint density at radius 1 is 1.38 bits per heavy atom. The summed E-state index contributed by atoms with van der Waals surface area (Å²) in [6, 6.07) is 5.28. The molecule has 1 aliphatic rings. The Labute approximate surface area is 93.8 Å². The number of fused-ring (bicyclic) bond motifs is 1. The van der Waals surface area contributed by atoms with Gasteiger partial charge < -0.3 is 9.64 Å². The van der Waals surface area contributed by atoms with Gasteiger partial charge in [0, 0.05) is 19.2 Å². The van der Waals surface area contributed by atoms with Gasteiger partial charge in [0.1, 0.15) is 0 Å². The van der Waals surface area contributed by atoms with Crippen molar-refractivity contribution in [2.45, 2.75) is 13.3 Å². The van der Waals surface area contributed by atoms with Crippen LogP contribution in [0, 0.1) is 0 Å². The van der Waals surface area contributed by atoms with Crippen molar-refractivity contribution in [3.05, 3.63) is 29.3 Å². The lowest BCUT2D eigenvalue weighted by molar-refractivity contribution is -0.116. The number of carbonyl (C=O) groups excluding carboxylic acids is 2. The van der Waals surface area contributed by atoms with Crippen molar-refractivity contribution in [2.75, 3.05) is 18.6 Å². The van der Waals surface area contributed by atoms with Crippen LogP contribution in [0.15, 0.2) is 18.2 Å². The van der Waals surface area contributed by atoms with Crippen LogP contribution in [-0.2, 0) is 16.0 Å². The van der Waals surface area contributed by atoms with Crippen LogP contribution < -0.4 is 4.90 Å². The number of nitrogens with zero attached hydrogens (tertiary/aromatic N) is 1. The van der Waals surface area contributed by atoms with E-state index in [0.717, 1.165) is 17.7 Å². The molecule has 0 atom stereocenters. The van der Waals surface area contributed by atoms with Gasteiger partial charge in [-0.25, -0.2) is 4.79 Å². The van der Waals surface area contributed by atoms with Crippen molar-refractivity contribution in [3.63, 3.8) is 0 Å². The lowest BCUT2D eigenvalue weighted by Crippen LogP contribution is -2.25. The Morgan fingerprint density at radius 3 is 2.75 bits per heavy atom. The number of methoxy groups -OCH3 is 1. The second-order valence-electron chi connectivity index (χ2n) is 3.76. The van der Waals surface area contributed by atoms with Crippen LogP contribution in [0.3, 0.4) is 0 Å². The highest BCUT2D eigenvalue weighted by molar-refractivity contribution is 5.96. The molecule has 1 aliphatic heterocycles. The topological polar surface area (TPSA) is 46.6 Å². The van der Waals surface area contributed by atoms with E-state index >= 15 is 0 Å². The summed E-state index contributed by atoms with van der Waals surface area (Å²) in [4.78, 5) is 24.4. The van der Waals surface area contributed by atoms with Gasteiger partial charge in [-0.3, -0.25) is 4.79 Å². The predicted octanol–water partition coefficient (Wildman–Crippen LogP) is 1.38. The van der Waals surface area contributed by atoms with Crippen LogP contribution >= 0.6 is 0 Å². The fourth-order valence-corrected chi connectivity index (χ4v) is 1.97. The third-order valence-corrected chi connectivity index (χ3v) is 2.78. The molecule has 0 fully saturated rings. The van der Waals surface area contributed by atoms with E-state index in [1.807, 2.05) is 0 Å². The molecule has 0 aliphatic carbocycles. The molecule has 1 aromatic carbocycles. The van der Waals surface area contributed by atoms with Crippen molar-refractivity contribution in [3.8, 4) is 0 Å². The Kier molecular flexibility index (Phi) is 2.64. The summed E-state index contributed by atoms with van der Waals surface area (Å²) in [6.07, 6.45) is 0.791. The maximum absolute atomic E-state index is 11.3. The predicted molar refractivity (Wildman–Crippen MR) is 59.5 cm³/mol. The quantitative estimate of drug-likeness (QED) is 0.670. The number of amides is 1. The molecule has 84 valence electrons. The highest BCUT2D eigenvalue weighted by atomic mass is 16.5. The number of carbonyl (C=O) groups is 2. The molecule has 0 saturated carbocycles. The van der Waals surface area contributed by atoms with E-state index < -0.39 is 0 Å². The van der Waals surface area contributed by atoms with Gasteiger partial charge in [0.2, 0.25) is 5.91 Å². The van der Waals surface area contributed by atoms with Crippen LogP contribution in [-0.4, -0.2) is 25.5 Å². The molecular formula is C12H13NO3. The Hall–Kier alpha value is -1.84. The number of benzene rings is 1. The van der Waals surface area contributed by atoms with Gasteiger partial charge in [0.25, 0.3) is 0 Å². The highest BCUT2D eigenvalue weighted by Gasteiger charge is 2.23. The Morgan fingerprint density at radius 2 is 2.12 bits per heavy atom. The lowest BCUT2D eigenvalue weighted by atomic mass is 10.1. The van der Waals surface area contributed by atoms with E-state index in [2.05, 4.69) is 4.74 Å². The summed E-state index contributed by atoms with van der Waals surface area (Å²) in [5.74, 6) is -0.311. The molecule has 16 heavy (non-hydrogen) atoms. The first kappa shape index (κ1) is 10.7. The summed E-state index contributed by atoms with van der Waals surface area (Å²) in [5, 5.41) is 0. The molecule has 0 unspecified atom stereocenters. The lowest BCUT2D eigenvalue weighted by Gasteiger charge is -2.14. The summed E-state index contributed by atoms with van der Waals surface area (Å²) in [6.45, 7) is 2.23. The third-order valence-electron chi connectivity index (χ3n) is 2.78. The molecule has 1 amide bonds. The molecule has 1 aromatic rings. The van der Waals surface area contributed by atoms with Gasteiger partial charge in [-0.15, -0.1) is 0 Å². The van der Waals surface area contributed by atoms with Gasteiger partial charge in [-0.05, 0) is 30.2 Å². The third kappa shape index (κ3) is 1.66. The first-order chi connectivity index (χ1) is 7.63. The number of anilines is 1. The van der Waals surface area contributed by atoms with Crippen molar-refractivity contribution in [2.24, 2.45) is 0 Å². The molecule has 0 aromatic heterocycles. The number of hydrogen-bond donors (Lipinski definition) is 0. The van der Waals surface area contributed by atoms with Crippen LogP contribution in [0.25, 0.3) is 0 Å². The van der Waals surface area contributed by atoms with E-state index in [0.29, 0.717) is 12.1 Å². The first-order valence-electron chi connectivity index (χ1n) is 5.13. The minimum Gasteiger partial charge on any atom is -0.465 e. The van der Waals surface area contributed by atoms with Crippen molar-refractivity contribution in [1.82, 2.24) is 0 Å². The maximum Gasteiger partial charge on any atom is 0.337 e. The van der Waals surface area contributed by atoms with Gasteiger partial charge in [-0.1, -0.05) is 0 Å². The molecule has 2 rings (SSSR count). The fraction of sp³-hybridized carbons (Fsp3) is 0.333. The van der Waals surface area contributed by atoms with Crippen LogP contribution in [0.1, 0.15) is 22.8 Å². The minimum atomic E-state index is -0.343. The molecule has 0 saturated heterocycles. The summed E-state index contributed by atoms with van der Waals surface area (Å²) in [7, 11) is 1.36. The standard InChI is InChI=1S/C12H13NO3/c1-8(14)13-6-5-9-7-10(12(15)16-2)3-4-11(9)13/h3-4,7H,5-6H2,1-2H3. The van der Waals surface area contributed by atoms with Crippen molar-refractivity contribution in [1.29, 1.82) is 0 Å². The van der Waals surface area contributed by atoms with E-state index in [1.54, 1.807) is 30.0 Å². The Balaban J connectivity index is 2.36. The average molecular weight is 219 g/mol. The molecule has 0 N–H and O–H groups in total.